The van der Waals surface area contributed by atoms with Crippen LogP contribution in [0.15, 0.2) is 71.8 Å². The van der Waals surface area contributed by atoms with Gasteiger partial charge in [-0.1, -0.05) is 72.3 Å². The summed E-state index contributed by atoms with van der Waals surface area (Å²) in [5.41, 5.74) is 5.96. The molecule has 0 atom stereocenters. The Morgan fingerprint density at radius 2 is 1.80 bits per heavy atom. The van der Waals surface area contributed by atoms with Gasteiger partial charge >= 0.3 is 0 Å². The van der Waals surface area contributed by atoms with Gasteiger partial charge in [0, 0.05) is 5.75 Å². The maximum absolute atomic E-state index is 11.8. The normalized spacial score (nSPS) is 11.1. The number of thioether (sulfide) groups is 1. The van der Waals surface area contributed by atoms with Crippen LogP contribution in [0.1, 0.15) is 16.7 Å². The Morgan fingerprint density at radius 1 is 1.04 bits per heavy atom. The quantitative estimate of drug-likeness (QED) is 0.525. The molecule has 3 nitrogen and oxygen atoms in total. The molecule has 0 aliphatic carbocycles. The molecule has 0 fully saturated rings. The highest BCUT2D eigenvalue weighted by Gasteiger charge is 2.01. The van der Waals surface area contributed by atoms with Crippen molar-refractivity contribution in [2.24, 2.45) is 5.10 Å². The van der Waals surface area contributed by atoms with Crippen LogP contribution in [0.25, 0.3) is 10.8 Å². The zero-order valence-electron chi connectivity index (χ0n) is 14.1. The summed E-state index contributed by atoms with van der Waals surface area (Å²) < 4.78 is 0. The predicted molar refractivity (Wildman–Crippen MR) is 107 cm³/mol. The second-order valence-corrected chi connectivity index (χ2v) is 6.86. The van der Waals surface area contributed by atoms with E-state index in [0.29, 0.717) is 5.75 Å². The van der Waals surface area contributed by atoms with E-state index in [1.165, 1.54) is 21.9 Å². The first-order valence-corrected chi connectivity index (χ1v) is 9.30. The number of fused-ring (bicyclic) bond motifs is 1. The number of carbonyl (C=O) groups is 1. The standard InChI is InChI=1S/C21H20N2OS/c1-16-6-8-17(9-7-16)13-22-23-21(24)15-25-14-18-10-11-19-4-2-3-5-20(19)12-18/h2-13H,14-15H2,1H3,(H,23,24)/b22-13-. The maximum atomic E-state index is 11.8. The number of hydrogen-bond donors (Lipinski definition) is 1. The fourth-order valence-corrected chi connectivity index (χ4v) is 3.22. The number of nitrogens with one attached hydrogen (secondary N) is 1. The SMILES string of the molecule is Cc1ccc(/C=N\NC(=O)CSCc2ccc3ccccc3c2)cc1. The van der Waals surface area contributed by atoms with E-state index in [9.17, 15) is 4.79 Å². The molecular weight excluding hydrogens is 328 g/mol. The highest BCUT2D eigenvalue weighted by molar-refractivity contribution is 7.99. The molecular formula is C21H20N2OS. The van der Waals surface area contributed by atoms with Gasteiger partial charge in [-0.25, -0.2) is 5.43 Å². The third-order valence-electron chi connectivity index (χ3n) is 3.80. The number of aryl methyl sites for hydroxylation is 1. The first kappa shape index (κ1) is 17.2. The summed E-state index contributed by atoms with van der Waals surface area (Å²) in [5.74, 6) is 1.10. The van der Waals surface area contributed by atoms with Crippen molar-refractivity contribution in [3.63, 3.8) is 0 Å². The number of nitrogens with zero attached hydrogens (tertiary/aromatic N) is 1. The summed E-state index contributed by atoms with van der Waals surface area (Å²) in [4.78, 5) is 11.8. The van der Waals surface area contributed by atoms with E-state index in [1.807, 2.05) is 43.3 Å². The minimum atomic E-state index is -0.0887. The lowest BCUT2D eigenvalue weighted by Gasteiger charge is -2.04. The van der Waals surface area contributed by atoms with Crippen molar-refractivity contribution in [3.05, 3.63) is 83.4 Å². The number of amides is 1. The molecule has 0 unspecified atom stereocenters. The van der Waals surface area contributed by atoms with Crippen LogP contribution in [0.5, 0.6) is 0 Å². The van der Waals surface area contributed by atoms with Gasteiger partial charge in [0.05, 0.1) is 12.0 Å². The summed E-state index contributed by atoms with van der Waals surface area (Å²) in [6.45, 7) is 2.04. The topological polar surface area (TPSA) is 41.5 Å². The predicted octanol–water partition coefficient (Wildman–Crippen LogP) is 4.53. The highest BCUT2D eigenvalue weighted by atomic mass is 32.2. The summed E-state index contributed by atoms with van der Waals surface area (Å²) in [5, 5.41) is 6.46. The van der Waals surface area contributed by atoms with E-state index in [4.69, 9.17) is 0 Å². The molecule has 1 N–H and O–H groups in total. The summed E-state index contributed by atoms with van der Waals surface area (Å²) in [6.07, 6.45) is 1.66. The van der Waals surface area contributed by atoms with E-state index in [-0.39, 0.29) is 5.91 Å². The van der Waals surface area contributed by atoms with Crippen LogP contribution in [-0.2, 0) is 10.5 Å². The Kier molecular flexibility index (Phi) is 5.86. The van der Waals surface area contributed by atoms with Crippen LogP contribution in [0.3, 0.4) is 0 Å². The Balaban J connectivity index is 1.44. The van der Waals surface area contributed by atoms with Gasteiger partial charge in [0.15, 0.2) is 0 Å². The Labute approximate surface area is 152 Å². The van der Waals surface area contributed by atoms with Gasteiger partial charge in [-0.15, -0.1) is 11.8 Å². The van der Waals surface area contributed by atoms with Crippen molar-refractivity contribution in [1.82, 2.24) is 5.43 Å². The second-order valence-electron chi connectivity index (χ2n) is 5.88. The zero-order chi connectivity index (χ0) is 17.5. The summed E-state index contributed by atoms with van der Waals surface area (Å²) >= 11 is 1.59. The second kappa shape index (κ2) is 8.49. The molecule has 3 aromatic rings. The number of rotatable bonds is 6. The molecule has 0 saturated heterocycles. The molecule has 25 heavy (non-hydrogen) atoms. The Bertz CT molecular complexity index is 888. The molecule has 0 aliphatic heterocycles. The van der Waals surface area contributed by atoms with Crippen molar-refractivity contribution >= 4 is 34.7 Å². The van der Waals surface area contributed by atoms with Crippen molar-refractivity contribution < 1.29 is 4.79 Å². The number of hydrazone groups is 1. The smallest absolute Gasteiger partial charge is 0.250 e. The number of benzene rings is 3. The van der Waals surface area contributed by atoms with Crippen LogP contribution in [0.4, 0.5) is 0 Å². The fraction of sp³-hybridized carbons (Fsp3) is 0.143. The fourth-order valence-electron chi connectivity index (χ4n) is 2.45. The molecule has 4 heteroatoms. The van der Waals surface area contributed by atoms with Crippen LogP contribution in [-0.4, -0.2) is 17.9 Å². The van der Waals surface area contributed by atoms with Gasteiger partial charge < -0.3 is 0 Å². The molecule has 1 amide bonds. The zero-order valence-corrected chi connectivity index (χ0v) is 14.9. The van der Waals surface area contributed by atoms with Crippen LogP contribution >= 0.6 is 11.8 Å². The van der Waals surface area contributed by atoms with Crippen molar-refractivity contribution in [2.75, 3.05) is 5.75 Å². The molecule has 0 radical (unpaired) electrons. The van der Waals surface area contributed by atoms with Crippen molar-refractivity contribution in [2.45, 2.75) is 12.7 Å². The lowest BCUT2D eigenvalue weighted by molar-refractivity contribution is -0.118. The van der Waals surface area contributed by atoms with Crippen LogP contribution < -0.4 is 5.43 Å². The molecule has 0 bridgehead atoms. The Morgan fingerprint density at radius 3 is 2.60 bits per heavy atom. The first-order valence-electron chi connectivity index (χ1n) is 8.15. The summed E-state index contributed by atoms with van der Waals surface area (Å²) in [6, 6.07) is 22.7. The molecule has 0 aliphatic rings. The van der Waals surface area contributed by atoms with Crippen LogP contribution in [0, 0.1) is 6.92 Å². The molecule has 126 valence electrons. The van der Waals surface area contributed by atoms with Gasteiger partial charge in [-0.05, 0) is 28.8 Å². The first-order chi connectivity index (χ1) is 12.2. The van der Waals surface area contributed by atoms with Gasteiger partial charge in [0.1, 0.15) is 0 Å². The minimum absolute atomic E-state index is 0.0887. The Hall–Kier alpha value is -2.59. The third-order valence-corrected chi connectivity index (χ3v) is 4.80. The van der Waals surface area contributed by atoms with Gasteiger partial charge in [-0.3, -0.25) is 4.79 Å². The lowest BCUT2D eigenvalue weighted by atomic mass is 10.1. The van der Waals surface area contributed by atoms with E-state index in [2.05, 4.69) is 40.9 Å². The largest absolute Gasteiger partial charge is 0.272 e. The summed E-state index contributed by atoms with van der Waals surface area (Å²) in [7, 11) is 0. The number of carbonyl (C=O) groups excluding carboxylic acids is 1. The monoisotopic (exact) mass is 348 g/mol. The molecule has 3 aromatic carbocycles. The highest BCUT2D eigenvalue weighted by Crippen LogP contribution is 2.19. The van der Waals surface area contributed by atoms with E-state index in [0.717, 1.165) is 11.3 Å². The van der Waals surface area contributed by atoms with Gasteiger partial charge in [0.25, 0.3) is 0 Å². The van der Waals surface area contributed by atoms with E-state index in [1.54, 1.807) is 18.0 Å². The van der Waals surface area contributed by atoms with Gasteiger partial charge in [-0.2, -0.15) is 5.10 Å². The van der Waals surface area contributed by atoms with Crippen molar-refractivity contribution in [1.29, 1.82) is 0 Å². The average molecular weight is 348 g/mol. The van der Waals surface area contributed by atoms with E-state index >= 15 is 0 Å². The number of hydrogen-bond acceptors (Lipinski definition) is 3. The molecule has 0 heterocycles. The molecule has 0 aromatic heterocycles. The lowest BCUT2D eigenvalue weighted by Crippen LogP contribution is -2.19. The van der Waals surface area contributed by atoms with E-state index < -0.39 is 0 Å². The minimum Gasteiger partial charge on any atom is -0.272 e. The molecule has 3 rings (SSSR count). The third kappa shape index (κ3) is 5.19. The molecule has 0 saturated carbocycles. The average Bonchev–Trinajstić information content (AvgIpc) is 2.63. The molecule has 0 spiro atoms. The van der Waals surface area contributed by atoms with Crippen molar-refractivity contribution in [3.8, 4) is 0 Å². The maximum Gasteiger partial charge on any atom is 0.250 e. The van der Waals surface area contributed by atoms with Crippen LogP contribution in [0.2, 0.25) is 0 Å². The van der Waals surface area contributed by atoms with Gasteiger partial charge in [0.2, 0.25) is 5.91 Å².